The van der Waals surface area contributed by atoms with Crippen molar-refractivity contribution in [3.63, 3.8) is 0 Å². The molecule has 0 fully saturated rings. The van der Waals surface area contributed by atoms with Crippen molar-refractivity contribution in [3.05, 3.63) is 0 Å². The van der Waals surface area contributed by atoms with Crippen LogP contribution in [0.25, 0.3) is 0 Å². The fourth-order valence-corrected chi connectivity index (χ4v) is 2.02. The summed E-state index contributed by atoms with van der Waals surface area (Å²) in [7, 11) is -1.46. The van der Waals surface area contributed by atoms with Crippen LogP contribution in [-0.2, 0) is 4.43 Å². The molecule has 0 aromatic carbocycles. The lowest BCUT2D eigenvalue weighted by Gasteiger charge is -2.35. The predicted octanol–water partition coefficient (Wildman–Crippen LogP) is 3.40. The number of hydrogen-bond acceptors (Lipinski definition) is 1. The van der Waals surface area contributed by atoms with Gasteiger partial charge in [-0.15, -0.1) is 0 Å². The molecule has 3 heteroatoms. The first-order valence-electron chi connectivity index (χ1n) is 4.01. The predicted molar refractivity (Wildman–Crippen MR) is 56.9 cm³/mol. The molecule has 0 aromatic heterocycles. The minimum Gasteiger partial charge on any atom is -0.416 e. The van der Waals surface area contributed by atoms with Gasteiger partial charge in [-0.05, 0) is 18.1 Å². The average Bonchev–Trinajstić information content (AvgIpc) is 1.81. The summed E-state index contributed by atoms with van der Waals surface area (Å²) in [5.74, 6) is 0. The van der Waals surface area contributed by atoms with Gasteiger partial charge in [-0.2, -0.15) is 0 Å². The molecule has 0 aliphatic carbocycles. The van der Waals surface area contributed by atoms with E-state index in [1.54, 1.807) is 0 Å². The Labute approximate surface area is 79.8 Å². The maximum atomic E-state index is 5.84. The summed E-state index contributed by atoms with van der Waals surface area (Å²) < 4.78 is 5.84. The lowest BCUT2D eigenvalue weighted by Crippen LogP contribution is -2.41. The molecule has 0 amide bonds. The van der Waals surface area contributed by atoms with E-state index in [9.17, 15) is 0 Å². The first-order valence-corrected chi connectivity index (χ1v) is 8.04. The van der Waals surface area contributed by atoms with Crippen molar-refractivity contribution in [2.45, 2.75) is 38.9 Å². The van der Waals surface area contributed by atoms with E-state index >= 15 is 0 Å². The summed E-state index contributed by atoms with van der Waals surface area (Å²) in [6, 6.07) is 0. The Morgan fingerprint density at radius 2 is 1.73 bits per heavy atom. The molecule has 0 spiro atoms. The number of rotatable bonds is 3. The molecule has 0 saturated carbocycles. The first-order chi connectivity index (χ1) is 4.81. The van der Waals surface area contributed by atoms with Crippen molar-refractivity contribution in [1.29, 1.82) is 0 Å². The van der Waals surface area contributed by atoms with Gasteiger partial charge in [0.25, 0.3) is 0 Å². The van der Waals surface area contributed by atoms with E-state index in [-0.39, 0.29) is 0 Å². The third-order valence-electron chi connectivity index (χ3n) is 2.35. The highest BCUT2D eigenvalue weighted by molar-refractivity contribution is 9.09. The number of hydrogen-bond donors (Lipinski definition) is 0. The molecule has 0 aliphatic heterocycles. The van der Waals surface area contributed by atoms with Gasteiger partial charge in [0, 0.05) is 11.9 Å². The highest BCUT2D eigenvalue weighted by atomic mass is 79.9. The Bertz CT molecular complexity index is 118. The van der Waals surface area contributed by atoms with Gasteiger partial charge < -0.3 is 4.43 Å². The van der Waals surface area contributed by atoms with Crippen LogP contribution in [0.2, 0.25) is 18.1 Å². The molecule has 0 heterocycles. The van der Waals surface area contributed by atoms with Crippen LogP contribution < -0.4 is 0 Å². The molecule has 68 valence electrons. The molecule has 0 atom stereocenters. The largest absolute Gasteiger partial charge is 0.416 e. The maximum Gasteiger partial charge on any atom is 0.192 e. The van der Waals surface area contributed by atoms with Gasteiger partial charge >= 0.3 is 0 Å². The van der Waals surface area contributed by atoms with Crippen molar-refractivity contribution in [1.82, 2.24) is 0 Å². The molecule has 11 heavy (non-hydrogen) atoms. The molecular weight excluding hydrogens is 222 g/mol. The number of halogens is 1. The Morgan fingerprint density at radius 3 is 2.00 bits per heavy atom. The summed E-state index contributed by atoms with van der Waals surface area (Å²) in [6.45, 7) is 12.2. The minimum absolute atomic E-state index is 0.342. The molecule has 1 nitrogen and oxygen atoms in total. The van der Waals surface area contributed by atoms with E-state index < -0.39 is 8.32 Å². The topological polar surface area (TPSA) is 9.23 Å². The fourth-order valence-electron chi connectivity index (χ4n) is 0.510. The molecule has 0 rings (SSSR count). The van der Waals surface area contributed by atoms with Crippen LogP contribution in [0.4, 0.5) is 0 Å². The normalized spacial score (nSPS) is 13.6. The van der Waals surface area contributed by atoms with Crippen molar-refractivity contribution in [2.75, 3.05) is 11.9 Å². The van der Waals surface area contributed by atoms with Crippen LogP contribution in [0.1, 0.15) is 20.8 Å². The standard InChI is InChI=1S/C8H19BrOSi/c1-8(2,3)11(4,5)10-7-6-9/h6-7H2,1-5H3/i6+1,7+1. The fraction of sp³-hybridized carbons (Fsp3) is 1.00. The zero-order chi connectivity index (χ0) is 9.12. The van der Waals surface area contributed by atoms with Crippen molar-refractivity contribution < 1.29 is 4.43 Å². The van der Waals surface area contributed by atoms with E-state index in [0.29, 0.717) is 5.04 Å². The van der Waals surface area contributed by atoms with Crippen LogP contribution >= 0.6 is 15.9 Å². The average molecular weight is 241 g/mol. The first kappa shape index (κ1) is 11.7. The second-order valence-corrected chi connectivity index (χ2v) is 9.90. The van der Waals surface area contributed by atoms with E-state index in [2.05, 4.69) is 49.8 Å². The van der Waals surface area contributed by atoms with Gasteiger partial charge in [-0.25, -0.2) is 0 Å². The Balaban J connectivity index is 4.00. The summed E-state index contributed by atoms with van der Waals surface area (Å²) in [5, 5.41) is 1.29. The third kappa shape index (κ3) is 3.72. The smallest absolute Gasteiger partial charge is 0.192 e. The Hall–Kier alpha value is 0.657. The van der Waals surface area contributed by atoms with Gasteiger partial charge in [0.1, 0.15) is 0 Å². The molecule has 0 radical (unpaired) electrons. The quantitative estimate of drug-likeness (QED) is 0.418. The van der Waals surface area contributed by atoms with Crippen LogP contribution in [0.3, 0.4) is 0 Å². The van der Waals surface area contributed by atoms with Gasteiger partial charge in [0.15, 0.2) is 8.32 Å². The van der Waals surface area contributed by atoms with Crippen molar-refractivity contribution in [2.24, 2.45) is 0 Å². The minimum atomic E-state index is -1.46. The van der Waals surface area contributed by atoms with E-state index in [1.165, 1.54) is 0 Å². The van der Waals surface area contributed by atoms with E-state index in [0.717, 1.165) is 11.9 Å². The molecule has 0 aliphatic rings. The molecule has 0 unspecified atom stereocenters. The maximum absolute atomic E-state index is 5.84. The number of alkyl halides is 1. The Kier molecular flexibility index (Phi) is 4.30. The molecule has 0 saturated heterocycles. The lowest BCUT2D eigenvalue weighted by atomic mass is 10.2. The van der Waals surface area contributed by atoms with Gasteiger partial charge in [0.05, 0.1) is 0 Å². The van der Waals surface area contributed by atoms with Crippen LogP contribution in [0.5, 0.6) is 0 Å². The molecule has 0 aromatic rings. The summed E-state index contributed by atoms with van der Waals surface area (Å²) in [6.07, 6.45) is 0. The monoisotopic (exact) mass is 240 g/mol. The summed E-state index contributed by atoms with van der Waals surface area (Å²) in [4.78, 5) is 0. The molecule has 0 bridgehead atoms. The highest BCUT2D eigenvalue weighted by Gasteiger charge is 2.36. The van der Waals surface area contributed by atoms with Crippen molar-refractivity contribution in [3.8, 4) is 0 Å². The summed E-state index contributed by atoms with van der Waals surface area (Å²) >= 11 is 3.37. The second-order valence-electron chi connectivity index (χ2n) is 4.30. The zero-order valence-electron chi connectivity index (χ0n) is 8.20. The van der Waals surface area contributed by atoms with Gasteiger partial charge in [0.2, 0.25) is 0 Å². The zero-order valence-corrected chi connectivity index (χ0v) is 10.8. The van der Waals surface area contributed by atoms with Gasteiger partial charge in [-0.3, -0.25) is 0 Å². The summed E-state index contributed by atoms with van der Waals surface area (Å²) in [5.41, 5.74) is 0. The van der Waals surface area contributed by atoms with Crippen LogP contribution in [-0.4, -0.2) is 20.3 Å². The van der Waals surface area contributed by atoms with Crippen LogP contribution in [0, 0.1) is 0 Å². The van der Waals surface area contributed by atoms with E-state index in [1.807, 2.05) is 0 Å². The second kappa shape index (κ2) is 4.05. The van der Waals surface area contributed by atoms with E-state index in [4.69, 9.17) is 4.43 Å². The highest BCUT2D eigenvalue weighted by Crippen LogP contribution is 2.36. The third-order valence-corrected chi connectivity index (χ3v) is 7.21. The molecule has 0 N–H and O–H groups in total. The lowest BCUT2D eigenvalue weighted by molar-refractivity contribution is 0.312. The van der Waals surface area contributed by atoms with Crippen molar-refractivity contribution >= 4 is 24.2 Å². The van der Waals surface area contributed by atoms with Crippen LogP contribution in [0.15, 0.2) is 0 Å². The Morgan fingerprint density at radius 1 is 1.27 bits per heavy atom. The SMILES string of the molecule is CC(C)(C)[Si](C)(C)O[13CH2][13CH2]Br. The van der Waals surface area contributed by atoms with Gasteiger partial charge in [-0.1, -0.05) is 36.7 Å². The molecular formula is C8H19BrOSi.